The van der Waals surface area contributed by atoms with Crippen molar-refractivity contribution in [3.8, 4) is 0 Å². The van der Waals surface area contributed by atoms with E-state index in [0.717, 1.165) is 29.5 Å². The van der Waals surface area contributed by atoms with Crippen LogP contribution in [0.4, 0.5) is 8.78 Å². The van der Waals surface area contributed by atoms with Crippen LogP contribution < -0.4 is 0 Å². The van der Waals surface area contributed by atoms with Crippen molar-refractivity contribution in [3.05, 3.63) is 135 Å². The lowest BCUT2D eigenvalue weighted by Gasteiger charge is -2.29. The Labute approximate surface area is 231 Å². The van der Waals surface area contributed by atoms with E-state index in [9.17, 15) is 18.4 Å². The Kier molecular flexibility index (Phi) is 7.87. The smallest absolute Gasteiger partial charge is 0.210 e. The number of piperidine rings is 1. The number of Topliss-reactive ketones (excluding diaryl/α,β-unsaturated/α-hetero) is 1. The Morgan fingerprint density at radius 3 is 1.95 bits per heavy atom. The highest BCUT2D eigenvalue weighted by atomic mass is 35.5. The number of ketones is 2. The fourth-order valence-electron chi connectivity index (χ4n) is 5.06. The molecule has 0 bridgehead atoms. The van der Waals surface area contributed by atoms with Crippen LogP contribution in [0.1, 0.15) is 50.4 Å². The van der Waals surface area contributed by atoms with Crippen LogP contribution >= 0.6 is 11.6 Å². The molecule has 4 nitrogen and oxygen atoms in total. The van der Waals surface area contributed by atoms with Crippen molar-refractivity contribution in [2.24, 2.45) is 7.05 Å². The molecule has 0 unspecified atom stereocenters. The van der Waals surface area contributed by atoms with E-state index in [2.05, 4.69) is 4.90 Å². The van der Waals surface area contributed by atoms with Gasteiger partial charge in [-0.2, -0.15) is 0 Å². The predicted octanol–water partition coefficient (Wildman–Crippen LogP) is 6.97. The maximum absolute atomic E-state index is 13.6. The van der Waals surface area contributed by atoms with Crippen molar-refractivity contribution in [1.29, 1.82) is 0 Å². The average molecular weight is 545 g/mol. The molecule has 1 fully saturated rings. The molecule has 3 aromatic carbocycles. The molecular formula is C32H27ClF2N2O2. The van der Waals surface area contributed by atoms with Gasteiger partial charge in [0.1, 0.15) is 11.6 Å². The molecule has 0 atom stereocenters. The van der Waals surface area contributed by atoms with Gasteiger partial charge in [0.15, 0.2) is 5.78 Å². The lowest BCUT2D eigenvalue weighted by molar-refractivity contribution is 0.0924. The van der Waals surface area contributed by atoms with Gasteiger partial charge in [-0.15, -0.1) is 0 Å². The Morgan fingerprint density at radius 2 is 1.38 bits per heavy atom. The number of carbonyl (C=O) groups excluding carboxylic acids is 2. The summed E-state index contributed by atoms with van der Waals surface area (Å²) in [4.78, 5) is 28.3. The number of halogens is 3. The first-order chi connectivity index (χ1) is 18.8. The minimum atomic E-state index is -0.312. The number of rotatable bonds is 7. The largest absolute Gasteiger partial charge is 0.347 e. The molecule has 0 amide bonds. The quantitative estimate of drug-likeness (QED) is 0.236. The van der Waals surface area contributed by atoms with Crippen molar-refractivity contribution < 1.29 is 18.4 Å². The van der Waals surface area contributed by atoms with Gasteiger partial charge in [0.2, 0.25) is 5.78 Å². The number of hydrogen-bond donors (Lipinski definition) is 0. The Balaban J connectivity index is 1.31. The van der Waals surface area contributed by atoms with Crippen LogP contribution in [0, 0.1) is 11.6 Å². The lowest BCUT2D eigenvalue weighted by Crippen LogP contribution is -2.35. The summed E-state index contributed by atoms with van der Waals surface area (Å²) in [5.74, 6) is -0.918. The third-order valence-corrected chi connectivity index (χ3v) is 7.45. The summed E-state index contributed by atoms with van der Waals surface area (Å²) in [6.45, 7) is 1.58. The molecule has 2 heterocycles. The van der Waals surface area contributed by atoms with Gasteiger partial charge in [-0.25, -0.2) is 8.78 Å². The van der Waals surface area contributed by atoms with E-state index in [1.54, 1.807) is 72.4 Å². The van der Waals surface area contributed by atoms with E-state index in [-0.39, 0.29) is 29.7 Å². The first-order valence-electron chi connectivity index (χ1n) is 12.7. The molecule has 1 saturated heterocycles. The van der Waals surface area contributed by atoms with Crippen molar-refractivity contribution >= 4 is 28.7 Å². The minimum absolute atomic E-state index is 0.0615. The zero-order valence-electron chi connectivity index (χ0n) is 21.5. The van der Waals surface area contributed by atoms with Crippen LogP contribution in [0.15, 0.2) is 90.6 Å². The van der Waals surface area contributed by atoms with Gasteiger partial charge in [0, 0.05) is 37.5 Å². The number of carbonyl (C=O) groups is 2. The topological polar surface area (TPSA) is 42.3 Å². The van der Waals surface area contributed by atoms with Crippen LogP contribution in [-0.2, 0) is 7.05 Å². The van der Waals surface area contributed by atoms with E-state index < -0.39 is 0 Å². The molecule has 0 saturated carbocycles. The van der Waals surface area contributed by atoms with Gasteiger partial charge in [-0.05, 0) is 72.0 Å². The Hall–Kier alpha value is -3.87. The number of hydrogen-bond acceptors (Lipinski definition) is 3. The molecule has 1 aromatic heterocycles. The van der Waals surface area contributed by atoms with Crippen molar-refractivity contribution in [2.75, 3.05) is 19.6 Å². The van der Waals surface area contributed by atoms with E-state index in [1.165, 1.54) is 29.8 Å². The van der Waals surface area contributed by atoms with Gasteiger partial charge in [-0.1, -0.05) is 53.6 Å². The zero-order chi connectivity index (χ0) is 27.5. The van der Waals surface area contributed by atoms with Crippen molar-refractivity contribution in [1.82, 2.24) is 9.47 Å². The molecule has 0 radical (unpaired) electrons. The maximum atomic E-state index is 13.6. The third-order valence-electron chi connectivity index (χ3n) is 7.12. The zero-order valence-corrected chi connectivity index (χ0v) is 22.2. The number of likely N-dealkylation sites (tertiary alicyclic amines) is 1. The second-order valence-corrected chi connectivity index (χ2v) is 10.1. The number of aromatic nitrogens is 1. The predicted molar refractivity (Wildman–Crippen MR) is 149 cm³/mol. The molecule has 39 heavy (non-hydrogen) atoms. The van der Waals surface area contributed by atoms with Crippen molar-refractivity contribution in [2.45, 2.75) is 12.8 Å². The highest BCUT2D eigenvalue weighted by Crippen LogP contribution is 2.33. The Bertz CT molecular complexity index is 1500. The van der Waals surface area contributed by atoms with Crippen molar-refractivity contribution in [3.63, 3.8) is 0 Å². The summed E-state index contributed by atoms with van der Waals surface area (Å²) < 4.78 is 28.9. The molecule has 1 aliphatic rings. The molecule has 0 aliphatic carbocycles. The van der Waals surface area contributed by atoms with Gasteiger partial charge in [-0.3, -0.25) is 14.5 Å². The molecular weight excluding hydrogens is 518 g/mol. The minimum Gasteiger partial charge on any atom is -0.347 e. The van der Waals surface area contributed by atoms with E-state index in [0.29, 0.717) is 34.9 Å². The maximum Gasteiger partial charge on any atom is 0.210 e. The summed E-state index contributed by atoms with van der Waals surface area (Å²) in [6.07, 6.45) is 3.13. The molecule has 0 N–H and O–H groups in total. The first-order valence-corrected chi connectivity index (χ1v) is 13.1. The highest BCUT2D eigenvalue weighted by Gasteiger charge is 2.23. The summed E-state index contributed by atoms with van der Waals surface area (Å²) in [5.41, 5.74) is 5.19. The highest BCUT2D eigenvalue weighted by molar-refractivity contribution is 6.34. The molecule has 4 aromatic rings. The normalized spacial score (nSPS) is 13.9. The molecule has 198 valence electrons. The van der Waals surface area contributed by atoms with Crippen LogP contribution in [0.2, 0.25) is 5.02 Å². The fraction of sp³-hybridized carbons (Fsp3) is 0.188. The van der Waals surface area contributed by atoms with Gasteiger partial charge < -0.3 is 4.57 Å². The van der Waals surface area contributed by atoms with Crippen LogP contribution in [0.3, 0.4) is 0 Å². The SMILES string of the molecule is Cn1cc(C(=O)CN2CCC(=C(c3ccc(F)cc3)c3ccc(F)cc3)CC2)cc1C(=O)c1ccccc1Cl. The lowest BCUT2D eigenvalue weighted by atomic mass is 9.88. The van der Waals surface area contributed by atoms with Gasteiger partial charge in [0.25, 0.3) is 0 Å². The average Bonchev–Trinajstić information content (AvgIpc) is 3.33. The summed E-state index contributed by atoms with van der Waals surface area (Å²) in [5, 5.41) is 0.370. The van der Waals surface area contributed by atoms with Crippen LogP contribution in [-0.4, -0.2) is 40.7 Å². The molecule has 0 spiro atoms. The van der Waals surface area contributed by atoms with Crippen LogP contribution in [0.25, 0.3) is 5.57 Å². The second-order valence-electron chi connectivity index (χ2n) is 9.73. The fourth-order valence-corrected chi connectivity index (χ4v) is 5.28. The second kappa shape index (κ2) is 11.5. The third kappa shape index (κ3) is 5.92. The van der Waals surface area contributed by atoms with Gasteiger partial charge >= 0.3 is 0 Å². The Morgan fingerprint density at radius 1 is 0.821 bits per heavy atom. The number of aryl methyl sites for hydroxylation is 1. The standard InChI is InChI=1S/C32H27ClF2N2O2/c1-36-19-24(18-29(36)32(39)27-4-2-3-5-28(27)33)30(38)20-37-16-14-23(15-17-37)31(21-6-10-25(34)11-7-21)22-8-12-26(35)13-9-22/h2-13,18-19H,14-17,20H2,1H3. The van der Waals surface area contributed by atoms with Gasteiger partial charge in [0.05, 0.1) is 17.3 Å². The molecule has 7 heteroatoms. The van der Waals surface area contributed by atoms with E-state index >= 15 is 0 Å². The summed E-state index contributed by atoms with van der Waals surface area (Å²) >= 11 is 6.20. The summed E-state index contributed by atoms with van der Waals surface area (Å²) in [7, 11) is 1.74. The van der Waals surface area contributed by atoms with E-state index in [1.807, 2.05) is 0 Å². The summed E-state index contributed by atoms with van der Waals surface area (Å²) in [6, 6.07) is 21.2. The molecule has 5 rings (SSSR count). The molecule has 1 aliphatic heterocycles. The number of nitrogens with zero attached hydrogens (tertiary/aromatic N) is 2. The monoisotopic (exact) mass is 544 g/mol. The first kappa shape index (κ1) is 26.7. The van der Waals surface area contributed by atoms with E-state index in [4.69, 9.17) is 11.6 Å². The number of benzene rings is 3. The van der Waals surface area contributed by atoms with Crippen LogP contribution in [0.5, 0.6) is 0 Å².